The highest BCUT2D eigenvalue weighted by Crippen LogP contribution is 2.16. The lowest BCUT2D eigenvalue weighted by molar-refractivity contribution is 0.0953. The number of benzene rings is 1. The molecule has 0 saturated heterocycles. The topological polar surface area (TPSA) is 88.4 Å². The minimum atomic E-state index is -0.594. The number of hydrogen-bond donors (Lipinski definition) is 2. The van der Waals surface area contributed by atoms with Crippen LogP contribution in [-0.2, 0) is 7.05 Å². The van der Waals surface area contributed by atoms with E-state index in [1.165, 1.54) is 29.8 Å². The number of pyridine rings is 1. The first-order chi connectivity index (χ1) is 12.3. The number of aryl methyl sites for hydroxylation is 1. The molecule has 0 aliphatic heterocycles. The van der Waals surface area contributed by atoms with E-state index in [4.69, 9.17) is 0 Å². The Kier molecular flexibility index (Phi) is 6.11. The summed E-state index contributed by atoms with van der Waals surface area (Å²) in [5.74, 6) is -1.12. The Morgan fingerprint density at radius 3 is 2.69 bits per heavy atom. The Morgan fingerprint density at radius 2 is 2.00 bits per heavy atom. The van der Waals surface area contributed by atoms with Crippen molar-refractivity contribution in [2.45, 2.75) is 20.3 Å². The smallest absolute Gasteiger partial charge is 0.265 e. The van der Waals surface area contributed by atoms with Crippen LogP contribution in [0.3, 0.4) is 0 Å². The first-order valence-electron chi connectivity index (χ1n) is 8.35. The highest BCUT2D eigenvalue weighted by atomic mass is 16.3. The molecule has 6 heteroatoms. The number of carbonyl (C=O) groups excluding carboxylic acids is 2. The molecule has 2 rings (SSSR count). The van der Waals surface area contributed by atoms with Gasteiger partial charge in [-0.05, 0) is 37.1 Å². The number of nitrogens with zero attached hydrogens (tertiary/aromatic N) is 1. The van der Waals surface area contributed by atoms with Gasteiger partial charge in [0.2, 0.25) is 0 Å². The molecule has 2 aromatic rings. The molecule has 1 heterocycles. The molecule has 0 aliphatic carbocycles. The minimum Gasteiger partial charge on any atom is -0.507 e. The van der Waals surface area contributed by atoms with E-state index in [0.29, 0.717) is 23.4 Å². The summed E-state index contributed by atoms with van der Waals surface area (Å²) < 4.78 is 1.31. The zero-order chi connectivity index (χ0) is 19.3. The summed E-state index contributed by atoms with van der Waals surface area (Å²) >= 11 is 0. The van der Waals surface area contributed by atoms with Gasteiger partial charge >= 0.3 is 0 Å². The van der Waals surface area contributed by atoms with Crippen LogP contribution >= 0.6 is 0 Å². The van der Waals surface area contributed by atoms with Crippen LogP contribution in [-0.4, -0.2) is 27.9 Å². The van der Waals surface area contributed by atoms with E-state index in [1.54, 1.807) is 31.2 Å². The SMILES string of the molecule is CCCNC(=O)c1cccc(/C=C/C(=O)c2c(O)cc(C)n(C)c2=O)c1. The van der Waals surface area contributed by atoms with E-state index in [1.807, 2.05) is 6.92 Å². The van der Waals surface area contributed by atoms with Crippen LogP contribution < -0.4 is 10.9 Å². The molecular weight excluding hydrogens is 332 g/mol. The molecular formula is C20H22N2O4. The van der Waals surface area contributed by atoms with Gasteiger partial charge in [0.1, 0.15) is 11.3 Å². The highest BCUT2D eigenvalue weighted by molar-refractivity contribution is 6.08. The number of rotatable bonds is 6. The Labute approximate surface area is 151 Å². The zero-order valence-electron chi connectivity index (χ0n) is 15.1. The van der Waals surface area contributed by atoms with Gasteiger partial charge in [-0.3, -0.25) is 14.4 Å². The molecule has 0 unspecified atom stereocenters. The average Bonchev–Trinajstić information content (AvgIpc) is 2.62. The summed E-state index contributed by atoms with van der Waals surface area (Å²) in [6.45, 7) is 4.23. The Bertz CT molecular complexity index is 926. The number of amides is 1. The van der Waals surface area contributed by atoms with Gasteiger partial charge in [0.05, 0.1) is 0 Å². The maximum Gasteiger partial charge on any atom is 0.265 e. The zero-order valence-corrected chi connectivity index (χ0v) is 15.1. The van der Waals surface area contributed by atoms with Crippen molar-refractivity contribution in [2.75, 3.05) is 6.54 Å². The molecule has 1 aromatic carbocycles. The number of ketones is 1. The van der Waals surface area contributed by atoms with Crippen molar-refractivity contribution >= 4 is 17.8 Å². The number of carbonyl (C=O) groups is 2. The average molecular weight is 354 g/mol. The third kappa shape index (κ3) is 4.27. The fourth-order valence-corrected chi connectivity index (χ4v) is 2.42. The predicted molar refractivity (Wildman–Crippen MR) is 101 cm³/mol. The molecule has 0 radical (unpaired) electrons. The maximum absolute atomic E-state index is 12.3. The van der Waals surface area contributed by atoms with Gasteiger partial charge in [-0.25, -0.2) is 0 Å². The van der Waals surface area contributed by atoms with Crippen LogP contribution in [0.2, 0.25) is 0 Å². The second-order valence-corrected chi connectivity index (χ2v) is 5.99. The van der Waals surface area contributed by atoms with Gasteiger partial charge in [0.25, 0.3) is 11.5 Å². The minimum absolute atomic E-state index is 0.182. The summed E-state index contributed by atoms with van der Waals surface area (Å²) in [6, 6.07) is 8.18. The van der Waals surface area contributed by atoms with Crippen molar-refractivity contribution in [2.24, 2.45) is 7.05 Å². The van der Waals surface area contributed by atoms with Crippen LogP contribution in [0.1, 0.15) is 45.3 Å². The van der Waals surface area contributed by atoms with Crippen molar-refractivity contribution < 1.29 is 14.7 Å². The molecule has 0 aliphatic rings. The number of nitrogens with one attached hydrogen (secondary N) is 1. The fraction of sp³-hybridized carbons (Fsp3) is 0.250. The van der Waals surface area contributed by atoms with Gasteiger partial charge in [0.15, 0.2) is 5.78 Å². The van der Waals surface area contributed by atoms with Crippen molar-refractivity contribution in [1.82, 2.24) is 9.88 Å². The normalized spacial score (nSPS) is 10.9. The van der Waals surface area contributed by atoms with Crippen LogP contribution in [0.5, 0.6) is 5.75 Å². The summed E-state index contributed by atoms with van der Waals surface area (Å²) in [6.07, 6.45) is 3.57. The van der Waals surface area contributed by atoms with E-state index in [0.717, 1.165) is 6.42 Å². The van der Waals surface area contributed by atoms with E-state index in [-0.39, 0.29) is 17.2 Å². The number of aromatic nitrogens is 1. The van der Waals surface area contributed by atoms with Crippen molar-refractivity contribution in [3.8, 4) is 5.75 Å². The van der Waals surface area contributed by atoms with Crippen molar-refractivity contribution in [1.29, 1.82) is 0 Å². The molecule has 0 fully saturated rings. The standard InChI is InChI=1S/C20H22N2O4/c1-4-10-21-19(25)15-7-5-6-14(12-15)8-9-16(23)18-17(24)11-13(2)22(3)20(18)26/h5-9,11-12,24H,4,10H2,1-3H3,(H,21,25)/b9-8+. The van der Waals surface area contributed by atoms with Crippen molar-refractivity contribution in [3.63, 3.8) is 0 Å². The summed E-state index contributed by atoms with van der Waals surface area (Å²) in [7, 11) is 1.54. The van der Waals surface area contributed by atoms with E-state index >= 15 is 0 Å². The molecule has 1 aromatic heterocycles. The summed E-state index contributed by atoms with van der Waals surface area (Å²) in [4.78, 5) is 36.5. The number of aromatic hydroxyl groups is 1. The summed E-state index contributed by atoms with van der Waals surface area (Å²) in [5.41, 5.74) is 0.864. The largest absolute Gasteiger partial charge is 0.507 e. The quantitative estimate of drug-likeness (QED) is 0.616. The molecule has 1 amide bonds. The first kappa shape index (κ1) is 19.2. The van der Waals surface area contributed by atoms with E-state index < -0.39 is 11.3 Å². The van der Waals surface area contributed by atoms with Crippen LogP contribution in [0, 0.1) is 6.92 Å². The molecule has 6 nitrogen and oxygen atoms in total. The van der Waals surface area contributed by atoms with E-state index in [2.05, 4.69) is 5.32 Å². The van der Waals surface area contributed by atoms with Gasteiger partial charge in [-0.2, -0.15) is 0 Å². The molecule has 0 saturated carbocycles. The Balaban J connectivity index is 2.26. The monoisotopic (exact) mass is 354 g/mol. The Hall–Kier alpha value is -3.15. The van der Waals surface area contributed by atoms with Crippen molar-refractivity contribution in [3.05, 3.63) is 69.1 Å². The molecule has 136 valence electrons. The first-order valence-corrected chi connectivity index (χ1v) is 8.35. The van der Waals surface area contributed by atoms with Crippen LogP contribution in [0.4, 0.5) is 0 Å². The van der Waals surface area contributed by atoms with Gasteiger partial charge in [0, 0.05) is 30.9 Å². The van der Waals surface area contributed by atoms with Gasteiger partial charge < -0.3 is 15.0 Å². The maximum atomic E-state index is 12.3. The predicted octanol–water partition coefficient (Wildman–Crippen LogP) is 2.44. The number of hydrogen-bond acceptors (Lipinski definition) is 4. The van der Waals surface area contributed by atoms with E-state index in [9.17, 15) is 19.5 Å². The Morgan fingerprint density at radius 1 is 1.27 bits per heavy atom. The lowest BCUT2D eigenvalue weighted by Crippen LogP contribution is -2.25. The molecule has 0 atom stereocenters. The third-order valence-corrected chi connectivity index (χ3v) is 4.01. The van der Waals surface area contributed by atoms with Gasteiger partial charge in [-0.1, -0.05) is 25.1 Å². The highest BCUT2D eigenvalue weighted by Gasteiger charge is 2.16. The lowest BCUT2D eigenvalue weighted by Gasteiger charge is -2.07. The molecule has 2 N–H and O–H groups in total. The van der Waals surface area contributed by atoms with Crippen LogP contribution in [0.25, 0.3) is 6.08 Å². The van der Waals surface area contributed by atoms with Crippen LogP contribution in [0.15, 0.2) is 41.2 Å². The molecule has 0 bridgehead atoms. The molecule has 0 spiro atoms. The number of allylic oxidation sites excluding steroid dienone is 1. The second-order valence-electron chi connectivity index (χ2n) is 5.99. The third-order valence-electron chi connectivity index (χ3n) is 4.01. The lowest BCUT2D eigenvalue weighted by atomic mass is 10.1. The summed E-state index contributed by atoms with van der Waals surface area (Å²) in [5, 5.41) is 12.7. The van der Waals surface area contributed by atoms with Gasteiger partial charge in [-0.15, -0.1) is 0 Å². The molecule has 26 heavy (non-hydrogen) atoms. The fourth-order valence-electron chi connectivity index (χ4n) is 2.42. The second kappa shape index (κ2) is 8.29.